The molecule has 0 bridgehead atoms. The van der Waals surface area contributed by atoms with E-state index in [-0.39, 0.29) is 11.0 Å². The highest BCUT2D eigenvalue weighted by molar-refractivity contribution is 7.09. The predicted octanol–water partition coefficient (Wildman–Crippen LogP) is 4.69. The lowest BCUT2D eigenvalue weighted by atomic mass is 9.83. The minimum atomic E-state index is -0.267. The summed E-state index contributed by atoms with van der Waals surface area (Å²) < 4.78 is 0. The van der Waals surface area contributed by atoms with Crippen molar-refractivity contribution in [1.29, 1.82) is 0 Å². The second kappa shape index (κ2) is 5.92. The largest absolute Gasteiger partial charge is 0.319 e. The smallest absolute Gasteiger partial charge is 0.113 e. The molecule has 0 aliphatic carbocycles. The molecule has 0 aliphatic rings. The molecular weight excluding hydrogens is 252 g/mol. The molecule has 19 heavy (non-hydrogen) atoms. The number of hydrogen-bond acceptors (Lipinski definition) is 3. The number of hydrogen-bond donors (Lipinski definition) is 1. The highest BCUT2D eigenvalue weighted by Gasteiger charge is 2.33. The molecule has 0 saturated carbocycles. The zero-order chi connectivity index (χ0) is 14.8. The van der Waals surface area contributed by atoms with Gasteiger partial charge in [-0.3, -0.25) is 0 Å². The van der Waals surface area contributed by atoms with E-state index in [4.69, 9.17) is 10.7 Å². The Labute approximate surface area is 122 Å². The summed E-state index contributed by atoms with van der Waals surface area (Å²) in [6.45, 7) is 15.6. The van der Waals surface area contributed by atoms with Crippen LogP contribution in [0.2, 0.25) is 0 Å². The Morgan fingerprint density at radius 3 is 1.89 bits per heavy atom. The first-order valence-corrected chi connectivity index (χ1v) is 8.18. The Morgan fingerprint density at radius 1 is 1.11 bits per heavy atom. The van der Waals surface area contributed by atoms with Gasteiger partial charge in [0.1, 0.15) is 5.01 Å². The highest BCUT2D eigenvalue weighted by atomic mass is 32.1. The first-order chi connectivity index (χ1) is 8.54. The van der Waals surface area contributed by atoms with Crippen molar-refractivity contribution in [2.45, 2.75) is 72.3 Å². The van der Waals surface area contributed by atoms with Gasteiger partial charge in [0.15, 0.2) is 0 Å². The van der Waals surface area contributed by atoms with Gasteiger partial charge in [0.25, 0.3) is 0 Å². The van der Waals surface area contributed by atoms with Crippen molar-refractivity contribution in [1.82, 2.24) is 4.98 Å². The molecule has 2 nitrogen and oxygen atoms in total. The van der Waals surface area contributed by atoms with E-state index in [2.05, 4.69) is 53.8 Å². The molecule has 0 spiro atoms. The van der Waals surface area contributed by atoms with Crippen LogP contribution in [0.15, 0.2) is 5.38 Å². The standard InChI is InChI=1S/C16H30N2S/c1-11(2)8-16(17,9-12(3)4)14-18-13(10-19-14)15(5,6)7/h10-12H,8-9,17H2,1-7H3. The Balaban J connectivity index is 3.07. The first kappa shape index (κ1) is 16.6. The topological polar surface area (TPSA) is 38.9 Å². The molecule has 0 amide bonds. The monoisotopic (exact) mass is 282 g/mol. The molecule has 1 aromatic rings. The summed E-state index contributed by atoms with van der Waals surface area (Å²) in [6.07, 6.45) is 2.00. The summed E-state index contributed by atoms with van der Waals surface area (Å²) in [4.78, 5) is 4.85. The van der Waals surface area contributed by atoms with Crippen LogP contribution in [0.3, 0.4) is 0 Å². The molecule has 110 valence electrons. The Kier molecular flexibility index (Phi) is 5.19. The van der Waals surface area contributed by atoms with Gasteiger partial charge in [0, 0.05) is 10.8 Å². The van der Waals surface area contributed by atoms with E-state index in [9.17, 15) is 0 Å². The Hall–Kier alpha value is -0.410. The van der Waals surface area contributed by atoms with Crippen LogP contribution in [0.4, 0.5) is 0 Å². The van der Waals surface area contributed by atoms with E-state index in [1.54, 1.807) is 11.3 Å². The molecule has 0 aliphatic heterocycles. The summed E-state index contributed by atoms with van der Waals surface area (Å²) in [6, 6.07) is 0. The number of rotatable bonds is 5. The van der Waals surface area contributed by atoms with Gasteiger partial charge in [-0.25, -0.2) is 4.98 Å². The van der Waals surface area contributed by atoms with Crippen LogP contribution >= 0.6 is 11.3 Å². The molecule has 1 rings (SSSR count). The van der Waals surface area contributed by atoms with Gasteiger partial charge in [0.05, 0.1) is 11.2 Å². The molecule has 3 heteroatoms. The van der Waals surface area contributed by atoms with Gasteiger partial charge in [-0.2, -0.15) is 0 Å². The average molecular weight is 282 g/mol. The zero-order valence-electron chi connectivity index (χ0n) is 13.6. The summed E-state index contributed by atoms with van der Waals surface area (Å²) in [7, 11) is 0. The van der Waals surface area contributed by atoms with E-state index < -0.39 is 0 Å². The van der Waals surface area contributed by atoms with Crippen LogP contribution in [0.1, 0.15) is 72.0 Å². The van der Waals surface area contributed by atoms with Crippen molar-refractivity contribution in [3.63, 3.8) is 0 Å². The number of nitrogens with zero attached hydrogens (tertiary/aromatic N) is 1. The summed E-state index contributed by atoms with van der Waals surface area (Å²) in [5, 5.41) is 3.29. The molecule has 1 aromatic heterocycles. The number of thiazole rings is 1. The van der Waals surface area contributed by atoms with Crippen molar-refractivity contribution in [3.05, 3.63) is 16.1 Å². The zero-order valence-corrected chi connectivity index (χ0v) is 14.4. The van der Waals surface area contributed by atoms with Gasteiger partial charge in [-0.05, 0) is 24.7 Å². The molecule has 0 saturated heterocycles. The summed E-state index contributed by atoms with van der Waals surface area (Å²) in [5.41, 5.74) is 7.72. The number of aromatic nitrogens is 1. The third-order valence-corrected chi connectivity index (χ3v) is 4.31. The summed E-state index contributed by atoms with van der Waals surface area (Å²) >= 11 is 1.73. The van der Waals surface area contributed by atoms with E-state index in [1.807, 2.05) is 0 Å². The van der Waals surface area contributed by atoms with Crippen LogP contribution in [-0.4, -0.2) is 4.98 Å². The van der Waals surface area contributed by atoms with Crippen LogP contribution in [0, 0.1) is 11.8 Å². The fraction of sp³-hybridized carbons (Fsp3) is 0.812. The third kappa shape index (κ3) is 4.57. The van der Waals surface area contributed by atoms with Crippen LogP contribution in [0.5, 0.6) is 0 Å². The van der Waals surface area contributed by atoms with E-state index in [0.717, 1.165) is 23.5 Å². The molecular formula is C16H30N2S. The Morgan fingerprint density at radius 2 is 1.58 bits per heavy atom. The molecule has 0 fully saturated rings. The minimum absolute atomic E-state index is 0.103. The van der Waals surface area contributed by atoms with Crippen molar-refractivity contribution in [2.24, 2.45) is 17.6 Å². The third-order valence-electron chi connectivity index (χ3n) is 3.24. The lowest BCUT2D eigenvalue weighted by Gasteiger charge is -2.31. The Bertz CT molecular complexity index is 389. The van der Waals surface area contributed by atoms with E-state index in [0.29, 0.717) is 11.8 Å². The second-order valence-corrected chi connectivity index (χ2v) is 8.50. The van der Waals surface area contributed by atoms with Crippen molar-refractivity contribution < 1.29 is 0 Å². The number of nitrogens with two attached hydrogens (primary N) is 1. The molecule has 0 radical (unpaired) electrons. The maximum atomic E-state index is 6.73. The van der Waals surface area contributed by atoms with Gasteiger partial charge >= 0.3 is 0 Å². The second-order valence-electron chi connectivity index (χ2n) is 7.64. The van der Waals surface area contributed by atoms with Crippen LogP contribution < -0.4 is 5.73 Å². The molecule has 0 unspecified atom stereocenters. The molecule has 0 aromatic carbocycles. The summed E-state index contributed by atoms with van der Waals surface area (Å²) in [5.74, 6) is 1.18. The van der Waals surface area contributed by atoms with Crippen molar-refractivity contribution in [2.75, 3.05) is 0 Å². The lowest BCUT2D eigenvalue weighted by molar-refractivity contribution is 0.287. The van der Waals surface area contributed by atoms with E-state index >= 15 is 0 Å². The first-order valence-electron chi connectivity index (χ1n) is 7.30. The normalized spacial score (nSPS) is 13.6. The fourth-order valence-electron chi connectivity index (χ4n) is 2.56. The van der Waals surface area contributed by atoms with Gasteiger partial charge in [0.2, 0.25) is 0 Å². The van der Waals surface area contributed by atoms with Crippen LogP contribution in [-0.2, 0) is 11.0 Å². The van der Waals surface area contributed by atoms with Gasteiger partial charge < -0.3 is 5.73 Å². The van der Waals surface area contributed by atoms with Gasteiger partial charge in [-0.1, -0.05) is 48.5 Å². The molecule has 0 atom stereocenters. The van der Waals surface area contributed by atoms with Crippen molar-refractivity contribution >= 4 is 11.3 Å². The maximum absolute atomic E-state index is 6.73. The van der Waals surface area contributed by atoms with E-state index in [1.165, 1.54) is 0 Å². The van der Waals surface area contributed by atoms with Gasteiger partial charge in [-0.15, -0.1) is 11.3 Å². The highest BCUT2D eigenvalue weighted by Crippen LogP contribution is 2.36. The maximum Gasteiger partial charge on any atom is 0.113 e. The quantitative estimate of drug-likeness (QED) is 0.851. The SMILES string of the molecule is CC(C)CC(N)(CC(C)C)c1nc(C(C)(C)C)cs1. The minimum Gasteiger partial charge on any atom is -0.319 e. The molecule has 1 heterocycles. The molecule has 2 N–H and O–H groups in total. The average Bonchev–Trinajstić information content (AvgIpc) is 2.61. The fourth-order valence-corrected chi connectivity index (χ4v) is 3.74. The predicted molar refractivity (Wildman–Crippen MR) is 85.6 cm³/mol. The van der Waals surface area contributed by atoms with Crippen molar-refractivity contribution in [3.8, 4) is 0 Å². The van der Waals surface area contributed by atoms with Crippen LogP contribution in [0.25, 0.3) is 0 Å². The lowest BCUT2D eigenvalue weighted by Crippen LogP contribution is -2.39.